The quantitative estimate of drug-likeness (QED) is 0.168. The Morgan fingerprint density at radius 1 is 0.350 bits per heavy atom. The van der Waals surface area contributed by atoms with Crippen molar-refractivity contribution < 1.29 is 4.42 Å². The van der Waals surface area contributed by atoms with E-state index in [-0.39, 0.29) is 5.41 Å². The fourth-order valence-corrected chi connectivity index (χ4v) is 10.6. The minimum atomic E-state index is -0.510. The molecule has 0 spiro atoms. The van der Waals surface area contributed by atoms with Crippen molar-refractivity contribution in [1.29, 1.82) is 0 Å². The molecule has 0 fully saturated rings. The minimum absolute atomic E-state index is 0.0814. The molecule has 0 atom stereocenters. The molecule has 1 heterocycles. The van der Waals surface area contributed by atoms with Gasteiger partial charge in [0.2, 0.25) is 0 Å². The normalized spacial score (nSPS) is 14.1. The third-order valence-electron chi connectivity index (χ3n) is 13.4. The number of hydrogen-bond donors (Lipinski definition) is 0. The minimum Gasteiger partial charge on any atom is -0.456 e. The summed E-state index contributed by atoms with van der Waals surface area (Å²) in [4.78, 5) is 2.38. The van der Waals surface area contributed by atoms with Gasteiger partial charge in [-0.15, -0.1) is 0 Å². The van der Waals surface area contributed by atoms with E-state index in [1.54, 1.807) is 0 Å². The van der Waals surface area contributed by atoms with Crippen molar-refractivity contribution >= 4 is 39.0 Å². The van der Waals surface area contributed by atoms with Gasteiger partial charge in [0.1, 0.15) is 11.2 Å². The summed E-state index contributed by atoms with van der Waals surface area (Å²) in [6, 6.07) is 77.9. The zero-order valence-electron chi connectivity index (χ0n) is 33.6. The molecule has 1 aromatic heterocycles. The highest BCUT2D eigenvalue weighted by atomic mass is 16.3. The fourth-order valence-electron chi connectivity index (χ4n) is 10.6. The maximum atomic E-state index is 6.32. The topological polar surface area (TPSA) is 16.4 Å². The lowest BCUT2D eigenvalue weighted by atomic mass is 9.67. The molecule has 0 bridgehead atoms. The fraction of sp³-hybridized carbons (Fsp3) is 0.0690. The molecule has 2 heteroatoms. The van der Waals surface area contributed by atoms with Gasteiger partial charge in [-0.25, -0.2) is 0 Å². The first kappa shape index (κ1) is 34.6. The van der Waals surface area contributed by atoms with Crippen LogP contribution in [0.4, 0.5) is 17.1 Å². The smallest absolute Gasteiger partial charge is 0.135 e. The van der Waals surface area contributed by atoms with Gasteiger partial charge in [-0.05, 0) is 121 Å². The average molecular weight is 768 g/mol. The molecule has 2 aliphatic rings. The van der Waals surface area contributed by atoms with E-state index in [1.807, 2.05) is 6.07 Å². The number of nitrogens with zero attached hydrogens (tertiary/aromatic N) is 1. The van der Waals surface area contributed by atoms with Crippen molar-refractivity contribution in [3.8, 4) is 33.4 Å². The number of rotatable bonds is 6. The summed E-state index contributed by atoms with van der Waals surface area (Å²) in [6.07, 6.45) is 0. The van der Waals surface area contributed by atoms with E-state index in [2.05, 4.69) is 225 Å². The SMILES string of the molecule is CC1(C)c2ccccc2-c2ccc(N(c3ccccc3)c3ccc(-c4ccc(C5(c6ccc7oc8ccccc8c7c6)c6ccccc6-c6ccccc65)cc4)cc3)cc21. The first-order valence-electron chi connectivity index (χ1n) is 20.9. The maximum absolute atomic E-state index is 6.32. The number of fused-ring (bicyclic) bond motifs is 9. The van der Waals surface area contributed by atoms with Crippen LogP contribution >= 0.6 is 0 Å². The van der Waals surface area contributed by atoms with E-state index in [1.165, 1.54) is 66.8 Å². The highest BCUT2D eigenvalue weighted by molar-refractivity contribution is 6.05. The van der Waals surface area contributed by atoms with E-state index in [0.717, 1.165) is 39.0 Å². The van der Waals surface area contributed by atoms with Crippen LogP contribution in [0.3, 0.4) is 0 Å². The molecular weight excluding hydrogens is 727 g/mol. The second-order valence-corrected chi connectivity index (χ2v) is 16.8. The van der Waals surface area contributed by atoms with E-state index < -0.39 is 5.41 Å². The van der Waals surface area contributed by atoms with Crippen LogP contribution in [0.1, 0.15) is 47.2 Å². The van der Waals surface area contributed by atoms with E-state index in [4.69, 9.17) is 4.42 Å². The van der Waals surface area contributed by atoms with Gasteiger partial charge in [-0.1, -0.05) is 172 Å². The molecule has 10 aromatic rings. The molecule has 9 aromatic carbocycles. The Kier molecular flexibility index (Phi) is 7.52. The monoisotopic (exact) mass is 767 g/mol. The summed E-state index contributed by atoms with van der Waals surface area (Å²) in [7, 11) is 0. The van der Waals surface area contributed by atoms with E-state index >= 15 is 0 Å². The zero-order valence-corrected chi connectivity index (χ0v) is 33.6. The van der Waals surface area contributed by atoms with E-state index in [9.17, 15) is 0 Å². The Hall–Kier alpha value is -7.42. The molecule has 0 radical (unpaired) electrons. The Morgan fingerprint density at radius 3 is 1.55 bits per heavy atom. The molecule has 2 aliphatic carbocycles. The van der Waals surface area contributed by atoms with Crippen LogP contribution in [0, 0.1) is 0 Å². The Bertz CT molecular complexity index is 3230. The molecule has 0 unspecified atom stereocenters. The molecule has 0 N–H and O–H groups in total. The standard InChI is InChI=1S/C58H41NO/c1-57(2)51-20-10-6-16-45(51)48-34-33-44(37-54(48)57)59(42-14-4-3-5-15-42)43-31-26-39(27-32-43)38-24-28-40(29-25-38)58(52-21-11-7-17-46(52)47-18-8-12-22-53(47)58)41-30-35-56-50(36-41)49-19-9-13-23-55(49)60-56/h3-37H,1-2H3. The Morgan fingerprint density at radius 2 is 0.850 bits per heavy atom. The summed E-state index contributed by atoms with van der Waals surface area (Å²) in [5.74, 6) is 0. The van der Waals surface area contributed by atoms with Gasteiger partial charge < -0.3 is 9.32 Å². The van der Waals surface area contributed by atoms with E-state index in [0.29, 0.717) is 0 Å². The number of furan rings is 1. The molecule has 60 heavy (non-hydrogen) atoms. The summed E-state index contributed by atoms with van der Waals surface area (Å²) in [5.41, 5.74) is 20.0. The van der Waals surface area contributed by atoms with Gasteiger partial charge in [0, 0.05) is 33.2 Å². The lowest BCUT2D eigenvalue weighted by Gasteiger charge is -2.34. The van der Waals surface area contributed by atoms with Crippen LogP contribution in [-0.2, 0) is 10.8 Å². The predicted octanol–water partition coefficient (Wildman–Crippen LogP) is 15.4. The third kappa shape index (κ3) is 4.94. The van der Waals surface area contributed by atoms with Gasteiger partial charge in [0.15, 0.2) is 0 Å². The van der Waals surface area contributed by atoms with Gasteiger partial charge in [0.25, 0.3) is 0 Å². The number of para-hydroxylation sites is 2. The molecule has 0 saturated heterocycles. The van der Waals surface area contributed by atoms with Crippen molar-refractivity contribution in [2.45, 2.75) is 24.7 Å². The Balaban J connectivity index is 0.953. The summed E-state index contributed by atoms with van der Waals surface area (Å²) in [6.45, 7) is 4.69. The average Bonchev–Trinajstić information content (AvgIpc) is 3.91. The van der Waals surface area contributed by atoms with Gasteiger partial charge in [-0.2, -0.15) is 0 Å². The van der Waals surface area contributed by atoms with Crippen LogP contribution in [0.25, 0.3) is 55.3 Å². The van der Waals surface area contributed by atoms with Crippen molar-refractivity contribution in [1.82, 2.24) is 0 Å². The highest BCUT2D eigenvalue weighted by Gasteiger charge is 2.46. The molecular formula is C58H41NO. The molecule has 0 saturated carbocycles. The lowest BCUT2D eigenvalue weighted by molar-refractivity contribution is 0.660. The first-order valence-corrected chi connectivity index (χ1v) is 20.9. The third-order valence-corrected chi connectivity index (χ3v) is 13.4. The lowest BCUT2D eigenvalue weighted by Crippen LogP contribution is -2.28. The molecule has 2 nitrogen and oxygen atoms in total. The van der Waals surface area contributed by atoms with Gasteiger partial charge in [-0.3, -0.25) is 0 Å². The molecule has 284 valence electrons. The molecule has 12 rings (SSSR count). The predicted molar refractivity (Wildman–Crippen MR) is 249 cm³/mol. The number of anilines is 3. The molecule has 0 aliphatic heterocycles. The zero-order chi connectivity index (χ0) is 40.0. The van der Waals surface area contributed by atoms with Gasteiger partial charge in [0.05, 0.1) is 5.41 Å². The summed E-state index contributed by atoms with van der Waals surface area (Å²) in [5, 5.41) is 2.28. The van der Waals surface area contributed by atoms with Crippen LogP contribution in [-0.4, -0.2) is 0 Å². The van der Waals surface area contributed by atoms with Crippen molar-refractivity contribution in [2.24, 2.45) is 0 Å². The number of benzene rings is 9. The Labute approximate surface area is 350 Å². The second kappa shape index (κ2) is 13.0. The van der Waals surface area contributed by atoms with Gasteiger partial charge >= 0.3 is 0 Å². The van der Waals surface area contributed by atoms with Crippen LogP contribution in [0.2, 0.25) is 0 Å². The summed E-state index contributed by atoms with van der Waals surface area (Å²) >= 11 is 0. The first-order chi connectivity index (χ1) is 29.5. The molecule has 0 amide bonds. The summed E-state index contributed by atoms with van der Waals surface area (Å²) < 4.78 is 6.32. The second-order valence-electron chi connectivity index (χ2n) is 16.8. The number of hydrogen-bond acceptors (Lipinski definition) is 2. The maximum Gasteiger partial charge on any atom is 0.135 e. The highest BCUT2D eigenvalue weighted by Crippen LogP contribution is 2.57. The van der Waals surface area contributed by atoms with Crippen molar-refractivity contribution in [3.63, 3.8) is 0 Å². The van der Waals surface area contributed by atoms with Crippen molar-refractivity contribution in [3.05, 3.63) is 246 Å². The largest absolute Gasteiger partial charge is 0.456 e. The van der Waals surface area contributed by atoms with Crippen LogP contribution in [0.5, 0.6) is 0 Å². The van der Waals surface area contributed by atoms with Crippen LogP contribution < -0.4 is 4.90 Å². The van der Waals surface area contributed by atoms with Crippen LogP contribution in [0.15, 0.2) is 217 Å². The van der Waals surface area contributed by atoms with Crippen molar-refractivity contribution in [2.75, 3.05) is 4.90 Å².